The van der Waals surface area contributed by atoms with Crippen molar-refractivity contribution in [3.05, 3.63) is 64.7 Å². The third-order valence-corrected chi connectivity index (χ3v) is 4.09. The lowest BCUT2D eigenvalue weighted by atomic mass is 9.95. The minimum absolute atomic E-state index is 0.0297. The number of hydrogen-bond donors (Lipinski definition) is 1. The Kier molecular flexibility index (Phi) is 5.66. The quantitative estimate of drug-likeness (QED) is 0.867. The van der Waals surface area contributed by atoms with Crippen LogP contribution in [0.5, 0.6) is 5.75 Å². The van der Waals surface area contributed by atoms with Crippen molar-refractivity contribution in [2.24, 2.45) is 0 Å². The molecule has 128 valence electrons. The van der Waals surface area contributed by atoms with E-state index in [0.717, 1.165) is 23.3 Å². The molecule has 24 heavy (non-hydrogen) atoms. The zero-order chi connectivity index (χ0) is 17.7. The Morgan fingerprint density at radius 3 is 2.42 bits per heavy atom. The second-order valence-corrected chi connectivity index (χ2v) is 7.09. The van der Waals surface area contributed by atoms with Crippen molar-refractivity contribution >= 4 is 5.91 Å². The summed E-state index contributed by atoms with van der Waals surface area (Å²) in [5.74, 6) is 0.679. The standard InChI is InChI=1S/C21H27NO2/c1-15-11-16(2)17(3)19(12-15)24-14-20(23)22-21(4,5)13-18-9-7-6-8-10-18/h6-12H,13-14H2,1-5H3,(H,22,23). The first kappa shape index (κ1) is 18.1. The highest BCUT2D eigenvalue weighted by Crippen LogP contribution is 2.23. The number of ether oxygens (including phenoxy) is 1. The van der Waals surface area contributed by atoms with Gasteiger partial charge < -0.3 is 10.1 Å². The van der Waals surface area contributed by atoms with Crippen LogP contribution in [0.25, 0.3) is 0 Å². The summed E-state index contributed by atoms with van der Waals surface area (Å²) >= 11 is 0. The van der Waals surface area contributed by atoms with Gasteiger partial charge in [-0.25, -0.2) is 0 Å². The second kappa shape index (κ2) is 7.52. The molecule has 2 aromatic carbocycles. The predicted molar refractivity (Wildman–Crippen MR) is 98.5 cm³/mol. The van der Waals surface area contributed by atoms with Gasteiger partial charge in [0.15, 0.2) is 6.61 Å². The monoisotopic (exact) mass is 325 g/mol. The van der Waals surface area contributed by atoms with E-state index in [0.29, 0.717) is 0 Å². The Morgan fingerprint density at radius 1 is 1.08 bits per heavy atom. The number of benzene rings is 2. The van der Waals surface area contributed by atoms with Gasteiger partial charge in [0.05, 0.1) is 0 Å². The molecule has 0 aliphatic heterocycles. The molecule has 2 aromatic rings. The van der Waals surface area contributed by atoms with E-state index in [1.165, 1.54) is 11.1 Å². The van der Waals surface area contributed by atoms with E-state index in [1.807, 2.05) is 52.0 Å². The highest BCUT2D eigenvalue weighted by molar-refractivity contribution is 5.78. The van der Waals surface area contributed by atoms with Crippen molar-refractivity contribution in [2.75, 3.05) is 6.61 Å². The van der Waals surface area contributed by atoms with Crippen molar-refractivity contribution in [1.29, 1.82) is 0 Å². The van der Waals surface area contributed by atoms with Crippen LogP contribution in [0.3, 0.4) is 0 Å². The van der Waals surface area contributed by atoms with Crippen LogP contribution in [0, 0.1) is 20.8 Å². The van der Waals surface area contributed by atoms with Crippen LogP contribution >= 0.6 is 0 Å². The number of carbonyl (C=O) groups excluding carboxylic acids is 1. The number of aryl methyl sites for hydroxylation is 2. The smallest absolute Gasteiger partial charge is 0.258 e. The second-order valence-electron chi connectivity index (χ2n) is 7.09. The first-order chi connectivity index (χ1) is 11.3. The molecule has 1 N–H and O–H groups in total. The summed E-state index contributed by atoms with van der Waals surface area (Å²) in [4.78, 5) is 12.3. The van der Waals surface area contributed by atoms with Crippen LogP contribution in [0.1, 0.15) is 36.1 Å². The normalized spacial score (nSPS) is 11.2. The van der Waals surface area contributed by atoms with E-state index in [1.54, 1.807) is 0 Å². The van der Waals surface area contributed by atoms with E-state index in [9.17, 15) is 4.79 Å². The maximum Gasteiger partial charge on any atom is 0.258 e. The van der Waals surface area contributed by atoms with E-state index in [-0.39, 0.29) is 18.1 Å². The lowest BCUT2D eigenvalue weighted by molar-refractivity contribution is -0.124. The van der Waals surface area contributed by atoms with E-state index in [4.69, 9.17) is 4.74 Å². The van der Waals surface area contributed by atoms with Gasteiger partial charge in [0.25, 0.3) is 5.91 Å². The number of rotatable bonds is 6. The van der Waals surface area contributed by atoms with Crippen LogP contribution in [-0.4, -0.2) is 18.1 Å². The topological polar surface area (TPSA) is 38.3 Å². The molecule has 3 nitrogen and oxygen atoms in total. The Hall–Kier alpha value is -2.29. The lowest BCUT2D eigenvalue weighted by Gasteiger charge is -2.26. The van der Waals surface area contributed by atoms with Crippen molar-refractivity contribution in [3.8, 4) is 5.75 Å². The fourth-order valence-corrected chi connectivity index (χ4v) is 2.86. The first-order valence-electron chi connectivity index (χ1n) is 8.32. The molecular weight excluding hydrogens is 298 g/mol. The summed E-state index contributed by atoms with van der Waals surface area (Å²) in [5.41, 5.74) is 4.28. The third-order valence-electron chi connectivity index (χ3n) is 4.09. The largest absolute Gasteiger partial charge is 0.483 e. The molecule has 0 saturated carbocycles. The lowest BCUT2D eigenvalue weighted by Crippen LogP contribution is -2.47. The van der Waals surface area contributed by atoms with Crippen molar-refractivity contribution < 1.29 is 9.53 Å². The Balaban J connectivity index is 1.93. The van der Waals surface area contributed by atoms with Gasteiger partial charge in [-0.15, -0.1) is 0 Å². The van der Waals surface area contributed by atoms with Gasteiger partial charge in [-0.05, 0) is 69.4 Å². The molecule has 0 fully saturated rings. The number of amides is 1. The summed E-state index contributed by atoms with van der Waals surface area (Å²) in [6, 6.07) is 14.3. The summed E-state index contributed by atoms with van der Waals surface area (Å²) in [6.07, 6.45) is 0.780. The molecule has 0 bridgehead atoms. The first-order valence-corrected chi connectivity index (χ1v) is 8.32. The summed E-state index contributed by atoms with van der Waals surface area (Å²) in [7, 11) is 0. The number of hydrogen-bond acceptors (Lipinski definition) is 2. The van der Waals surface area contributed by atoms with Gasteiger partial charge in [0.1, 0.15) is 5.75 Å². The van der Waals surface area contributed by atoms with E-state index < -0.39 is 0 Å². The molecule has 0 unspecified atom stereocenters. The van der Waals surface area contributed by atoms with Gasteiger partial charge in [-0.3, -0.25) is 4.79 Å². The van der Waals surface area contributed by atoms with Gasteiger partial charge in [0.2, 0.25) is 0 Å². The molecule has 0 heterocycles. The van der Waals surface area contributed by atoms with Gasteiger partial charge in [-0.2, -0.15) is 0 Å². The summed E-state index contributed by atoms with van der Waals surface area (Å²) < 4.78 is 5.74. The maximum absolute atomic E-state index is 12.3. The van der Waals surface area contributed by atoms with Crippen molar-refractivity contribution in [1.82, 2.24) is 5.32 Å². The van der Waals surface area contributed by atoms with Crippen LogP contribution < -0.4 is 10.1 Å². The Morgan fingerprint density at radius 2 is 1.75 bits per heavy atom. The molecule has 0 aromatic heterocycles. The molecule has 0 aliphatic rings. The van der Waals surface area contributed by atoms with Crippen LogP contribution in [0.4, 0.5) is 0 Å². The summed E-state index contributed by atoms with van der Waals surface area (Å²) in [6.45, 7) is 10.2. The predicted octanol–water partition coefficient (Wildman–Crippen LogP) is 4.13. The average Bonchev–Trinajstić information content (AvgIpc) is 2.49. The van der Waals surface area contributed by atoms with Crippen LogP contribution in [0.15, 0.2) is 42.5 Å². The van der Waals surface area contributed by atoms with Gasteiger partial charge in [0, 0.05) is 5.54 Å². The van der Waals surface area contributed by atoms with Gasteiger partial charge >= 0.3 is 0 Å². The van der Waals surface area contributed by atoms with Crippen molar-refractivity contribution in [3.63, 3.8) is 0 Å². The highest BCUT2D eigenvalue weighted by atomic mass is 16.5. The Bertz CT molecular complexity index is 705. The molecule has 0 aliphatic carbocycles. The summed E-state index contributed by atoms with van der Waals surface area (Å²) in [5, 5.41) is 3.06. The molecule has 3 heteroatoms. The average molecular weight is 325 g/mol. The minimum Gasteiger partial charge on any atom is -0.483 e. The molecule has 0 radical (unpaired) electrons. The Labute approximate surface area is 145 Å². The fourth-order valence-electron chi connectivity index (χ4n) is 2.86. The number of carbonyl (C=O) groups is 1. The van der Waals surface area contributed by atoms with Crippen LogP contribution in [-0.2, 0) is 11.2 Å². The molecular formula is C21H27NO2. The SMILES string of the molecule is Cc1cc(C)c(C)c(OCC(=O)NC(C)(C)Cc2ccccc2)c1. The van der Waals surface area contributed by atoms with E-state index in [2.05, 4.69) is 30.4 Å². The number of nitrogens with one attached hydrogen (secondary N) is 1. The zero-order valence-electron chi connectivity index (χ0n) is 15.3. The minimum atomic E-state index is -0.320. The maximum atomic E-state index is 12.3. The molecule has 0 saturated heterocycles. The zero-order valence-corrected chi connectivity index (χ0v) is 15.3. The molecule has 2 rings (SSSR count). The van der Waals surface area contributed by atoms with Crippen molar-refractivity contribution in [2.45, 2.75) is 46.6 Å². The molecule has 1 amide bonds. The molecule has 0 spiro atoms. The third kappa shape index (κ3) is 5.12. The van der Waals surface area contributed by atoms with Crippen LogP contribution in [0.2, 0.25) is 0 Å². The fraction of sp³-hybridized carbons (Fsp3) is 0.381. The van der Waals surface area contributed by atoms with E-state index >= 15 is 0 Å². The van der Waals surface area contributed by atoms with Gasteiger partial charge in [-0.1, -0.05) is 36.4 Å². The molecule has 0 atom stereocenters. The highest BCUT2D eigenvalue weighted by Gasteiger charge is 2.21.